The Labute approximate surface area is 187 Å². The van der Waals surface area contributed by atoms with E-state index in [1.165, 1.54) is 4.31 Å². The third kappa shape index (κ3) is 5.35. The molecule has 0 atom stereocenters. The second kappa shape index (κ2) is 9.84. The van der Waals surface area contributed by atoms with E-state index >= 15 is 0 Å². The van der Waals surface area contributed by atoms with E-state index in [9.17, 15) is 8.42 Å². The van der Waals surface area contributed by atoms with Gasteiger partial charge in [0.1, 0.15) is 0 Å². The molecule has 1 aliphatic heterocycles. The molecular weight excluding hydrogens is 444 g/mol. The van der Waals surface area contributed by atoms with Gasteiger partial charge in [-0.05, 0) is 61.5 Å². The van der Waals surface area contributed by atoms with Crippen LogP contribution >= 0.6 is 23.8 Å². The molecule has 0 unspecified atom stereocenters. The van der Waals surface area contributed by atoms with Gasteiger partial charge in [-0.2, -0.15) is 9.41 Å². The lowest BCUT2D eigenvalue weighted by Crippen LogP contribution is -2.40. The van der Waals surface area contributed by atoms with E-state index in [0.717, 1.165) is 16.8 Å². The Balaban J connectivity index is 1.65. The highest BCUT2D eigenvalue weighted by atomic mass is 35.5. The first-order valence-corrected chi connectivity index (χ1v) is 11.6. The number of hydrazone groups is 1. The lowest BCUT2D eigenvalue weighted by Gasteiger charge is -2.26. The molecule has 2 N–H and O–H groups in total. The number of thiocarbonyl (C=S) groups is 1. The molecule has 0 aliphatic carbocycles. The predicted molar refractivity (Wildman–Crippen MR) is 124 cm³/mol. The SMILES string of the molecule is C/C(=N\NC(=S)Nc1cccc(Cl)c1C)c1ccc(S(=O)(=O)N2CCOCC2)cc1. The van der Waals surface area contributed by atoms with Gasteiger partial charge in [0.25, 0.3) is 0 Å². The molecule has 30 heavy (non-hydrogen) atoms. The van der Waals surface area contributed by atoms with Gasteiger partial charge >= 0.3 is 0 Å². The zero-order chi connectivity index (χ0) is 21.7. The zero-order valence-electron chi connectivity index (χ0n) is 16.7. The molecule has 1 fully saturated rings. The topological polar surface area (TPSA) is 83.0 Å². The summed E-state index contributed by atoms with van der Waals surface area (Å²) in [6.07, 6.45) is 0. The van der Waals surface area contributed by atoms with Crippen LogP contribution in [0.4, 0.5) is 5.69 Å². The summed E-state index contributed by atoms with van der Waals surface area (Å²) in [7, 11) is -3.52. The van der Waals surface area contributed by atoms with Gasteiger partial charge < -0.3 is 10.1 Å². The standard InChI is InChI=1S/C20H23ClN4O3S2/c1-14-18(21)4-3-5-19(14)22-20(29)24-23-15(2)16-6-8-17(9-7-16)30(26,27)25-10-12-28-13-11-25/h3-9H,10-13H2,1-2H3,(H2,22,24,29)/b23-15+. The fourth-order valence-electron chi connectivity index (χ4n) is 2.90. The molecule has 0 bridgehead atoms. The van der Waals surface area contributed by atoms with Gasteiger partial charge in [-0.3, -0.25) is 5.43 Å². The summed E-state index contributed by atoms with van der Waals surface area (Å²) in [4.78, 5) is 0.252. The molecule has 160 valence electrons. The van der Waals surface area contributed by atoms with E-state index in [1.807, 2.05) is 32.0 Å². The van der Waals surface area contributed by atoms with Gasteiger partial charge in [-0.25, -0.2) is 8.42 Å². The average Bonchev–Trinajstić information content (AvgIpc) is 2.76. The monoisotopic (exact) mass is 466 g/mol. The fraction of sp³-hybridized carbons (Fsp3) is 0.300. The lowest BCUT2D eigenvalue weighted by atomic mass is 10.1. The molecule has 2 aromatic carbocycles. The van der Waals surface area contributed by atoms with Crippen molar-refractivity contribution in [2.24, 2.45) is 5.10 Å². The first kappa shape index (κ1) is 22.6. The number of morpholine rings is 1. The Morgan fingerprint density at radius 3 is 2.50 bits per heavy atom. The van der Waals surface area contributed by atoms with Crippen LogP contribution in [0.3, 0.4) is 0 Å². The van der Waals surface area contributed by atoms with Gasteiger partial charge in [-0.1, -0.05) is 29.8 Å². The van der Waals surface area contributed by atoms with Gasteiger partial charge in [0.15, 0.2) is 5.11 Å². The number of halogens is 1. The molecule has 0 aromatic heterocycles. The minimum absolute atomic E-state index is 0.252. The fourth-order valence-corrected chi connectivity index (χ4v) is 4.63. The van der Waals surface area contributed by atoms with E-state index < -0.39 is 10.0 Å². The van der Waals surface area contributed by atoms with E-state index in [2.05, 4.69) is 15.8 Å². The Bertz CT molecular complexity index is 1050. The van der Waals surface area contributed by atoms with Gasteiger partial charge in [0, 0.05) is 23.8 Å². The highest BCUT2D eigenvalue weighted by molar-refractivity contribution is 7.89. The number of hydrogen-bond donors (Lipinski definition) is 2. The van der Waals surface area contributed by atoms with Gasteiger partial charge in [0.05, 0.1) is 23.8 Å². The molecule has 0 spiro atoms. The second-order valence-electron chi connectivity index (χ2n) is 6.72. The number of benzene rings is 2. The van der Waals surface area contributed by atoms with Crippen LogP contribution in [0.2, 0.25) is 5.02 Å². The lowest BCUT2D eigenvalue weighted by molar-refractivity contribution is 0.0730. The van der Waals surface area contributed by atoms with Crippen molar-refractivity contribution in [3.8, 4) is 0 Å². The van der Waals surface area contributed by atoms with Gasteiger partial charge in [0.2, 0.25) is 10.0 Å². The Morgan fingerprint density at radius 2 is 1.83 bits per heavy atom. The normalized spacial score (nSPS) is 15.6. The number of nitrogens with one attached hydrogen (secondary N) is 2. The van der Waals surface area contributed by atoms with Crippen molar-refractivity contribution < 1.29 is 13.2 Å². The Morgan fingerprint density at radius 1 is 1.17 bits per heavy atom. The Kier molecular flexibility index (Phi) is 7.43. The largest absolute Gasteiger partial charge is 0.379 e. The molecule has 2 aromatic rings. The molecule has 0 amide bonds. The molecule has 10 heteroatoms. The van der Waals surface area contributed by atoms with Crippen molar-refractivity contribution in [3.63, 3.8) is 0 Å². The highest BCUT2D eigenvalue weighted by Crippen LogP contribution is 2.23. The summed E-state index contributed by atoms with van der Waals surface area (Å²) in [6, 6.07) is 12.2. The summed E-state index contributed by atoms with van der Waals surface area (Å²) in [5.74, 6) is 0. The first-order valence-electron chi connectivity index (χ1n) is 9.34. The molecule has 3 rings (SSSR count). The maximum Gasteiger partial charge on any atom is 0.243 e. The van der Waals surface area contributed by atoms with Crippen LogP contribution in [-0.4, -0.2) is 49.9 Å². The van der Waals surface area contributed by atoms with Crippen molar-refractivity contribution in [2.45, 2.75) is 18.7 Å². The molecule has 1 aliphatic rings. The first-order chi connectivity index (χ1) is 14.3. The zero-order valence-corrected chi connectivity index (χ0v) is 19.1. The predicted octanol–water partition coefficient (Wildman–Crippen LogP) is 3.38. The maximum atomic E-state index is 12.7. The van der Waals surface area contributed by atoms with E-state index in [4.69, 9.17) is 28.6 Å². The number of anilines is 1. The van der Waals surface area contributed by atoms with Crippen LogP contribution in [-0.2, 0) is 14.8 Å². The quantitative estimate of drug-likeness (QED) is 0.399. The molecule has 1 saturated heterocycles. The van der Waals surface area contributed by atoms with Gasteiger partial charge in [-0.15, -0.1) is 0 Å². The van der Waals surface area contributed by atoms with Crippen molar-refractivity contribution in [3.05, 3.63) is 58.6 Å². The van der Waals surface area contributed by atoms with E-state index in [1.54, 1.807) is 24.3 Å². The smallest absolute Gasteiger partial charge is 0.243 e. The van der Waals surface area contributed by atoms with Crippen LogP contribution in [0, 0.1) is 6.92 Å². The summed E-state index contributed by atoms with van der Waals surface area (Å²) in [5.41, 5.74) is 5.93. The molecule has 1 heterocycles. The number of sulfonamides is 1. The van der Waals surface area contributed by atoms with Crippen LogP contribution in [0.25, 0.3) is 0 Å². The number of hydrogen-bond acceptors (Lipinski definition) is 5. The van der Waals surface area contributed by atoms with Crippen LogP contribution in [0.5, 0.6) is 0 Å². The number of ether oxygens (including phenoxy) is 1. The highest BCUT2D eigenvalue weighted by Gasteiger charge is 2.26. The van der Waals surface area contributed by atoms with Crippen molar-refractivity contribution >= 4 is 50.4 Å². The van der Waals surface area contributed by atoms with Crippen molar-refractivity contribution in [2.75, 3.05) is 31.6 Å². The van der Waals surface area contributed by atoms with Crippen LogP contribution < -0.4 is 10.7 Å². The van der Waals surface area contributed by atoms with Crippen LogP contribution in [0.15, 0.2) is 52.5 Å². The number of nitrogens with zero attached hydrogens (tertiary/aromatic N) is 2. The third-order valence-electron chi connectivity index (χ3n) is 4.72. The average molecular weight is 467 g/mol. The second-order valence-corrected chi connectivity index (χ2v) is 9.47. The minimum atomic E-state index is -3.52. The summed E-state index contributed by atoms with van der Waals surface area (Å²) < 4.78 is 32.1. The van der Waals surface area contributed by atoms with Crippen molar-refractivity contribution in [1.29, 1.82) is 0 Å². The third-order valence-corrected chi connectivity index (χ3v) is 7.24. The number of rotatable bonds is 5. The van der Waals surface area contributed by atoms with E-state index in [-0.39, 0.29) is 4.90 Å². The molecular formula is C20H23ClN4O3S2. The molecule has 0 radical (unpaired) electrons. The summed E-state index contributed by atoms with van der Waals surface area (Å²) in [6.45, 7) is 5.27. The molecule has 0 saturated carbocycles. The van der Waals surface area contributed by atoms with Crippen LogP contribution in [0.1, 0.15) is 18.1 Å². The summed E-state index contributed by atoms with van der Waals surface area (Å²) >= 11 is 11.4. The maximum absolute atomic E-state index is 12.7. The van der Waals surface area contributed by atoms with E-state index in [0.29, 0.717) is 42.2 Å². The minimum Gasteiger partial charge on any atom is -0.379 e. The molecule has 7 nitrogen and oxygen atoms in total. The Hall–Kier alpha value is -2.04. The summed E-state index contributed by atoms with van der Waals surface area (Å²) in [5, 5.41) is 8.31. The van der Waals surface area contributed by atoms with Crippen molar-refractivity contribution in [1.82, 2.24) is 9.73 Å².